The van der Waals surface area contributed by atoms with E-state index < -0.39 is 5.97 Å². The van der Waals surface area contributed by atoms with E-state index in [0.717, 1.165) is 19.3 Å². The van der Waals surface area contributed by atoms with E-state index in [0.29, 0.717) is 6.42 Å². The van der Waals surface area contributed by atoms with Gasteiger partial charge in [0, 0.05) is 0 Å². The van der Waals surface area contributed by atoms with Crippen molar-refractivity contribution in [3.05, 3.63) is 0 Å². The minimum absolute atomic E-state index is 0.00657. The van der Waals surface area contributed by atoms with E-state index in [2.05, 4.69) is 46.4 Å². The molecule has 0 rings (SSSR count). The molecule has 0 amide bonds. The molecule has 3 nitrogen and oxygen atoms in total. The Bertz CT molecular complexity index is 282. The molecular weight excluding hydrogens is 240 g/mol. The minimum Gasteiger partial charge on any atom is -0.301 e. The van der Waals surface area contributed by atoms with Crippen LogP contribution in [0.1, 0.15) is 74.1 Å². The van der Waals surface area contributed by atoms with Gasteiger partial charge in [0.05, 0.1) is 5.92 Å². The highest BCUT2D eigenvalue weighted by molar-refractivity contribution is 5.72. The van der Waals surface area contributed by atoms with Crippen LogP contribution < -0.4 is 0 Å². The summed E-state index contributed by atoms with van der Waals surface area (Å²) in [6, 6.07) is 0. The smallest absolute Gasteiger partial charge is 0.301 e. The zero-order valence-corrected chi connectivity index (χ0v) is 13.7. The Kier molecular flexibility index (Phi) is 7.06. The van der Waals surface area contributed by atoms with Crippen LogP contribution in [0.25, 0.3) is 0 Å². The monoisotopic (exact) mass is 272 g/mol. The fourth-order valence-electron chi connectivity index (χ4n) is 3.02. The van der Waals surface area contributed by atoms with Crippen molar-refractivity contribution in [3.63, 3.8) is 0 Å². The highest BCUT2D eigenvalue weighted by atomic mass is 17.1. The Balaban J connectivity index is 5.45. The summed E-state index contributed by atoms with van der Waals surface area (Å²) in [5.74, 6) is -0.496. The van der Waals surface area contributed by atoms with Crippen molar-refractivity contribution in [1.82, 2.24) is 0 Å². The molecule has 0 heterocycles. The number of carbonyl (C=O) groups is 1. The number of carbonyl (C=O) groups excluding carboxylic acids is 1. The molecule has 0 aliphatic rings. The normalized spacial score (nSPS) is 16.0. The Morgan fingerprint density at radius 1 is 1.16 bits per heavy atom. The molecule has 0 aliphatic heterocycles. The van der Waals surface area contributed by atoms with Crippen LogP contribution in [0, 0.1) is 22.7 Å². The van der Waals surface area contributed by atoms with Gasteiger partial charge >= 0.3 is 5.97 Å². The first-order valence-electron chi connectivity index (χ1n) is 7.54. The molecule has 0 aromatic carbocycles. The highest BCUT2D eigenvalue weighted by Gasteiger charge is 2.46. The molecule has 0 aromatic heterocycles. The van der Waals surface area contributed by atoms with E-state index in [1.807, 2.05) is 6.92 Å². The predicted octanol–water partition coefficient (Wildman–Crippen LogP) is 4.91. The highest BCUT2D eigenvalue weighted by Crippen LogP contribution is 2.51. The first-order chi connectivity index (χ1) is 8.69. The van der Waals surface area contributed by atoms with E-state index in [9.17, 15) is 4.79 Å². The Hall–Kier alpha value is -0.570. The average Bonchev–Trinajstić information content (AvgIpc) is 2.37. The molecule has 3 heteroatoms. The maximum Gasteiger partial charge on any atom is 0.345 e. The topological polar surface area (TPSA) is 46.5 Å². The maximum atomic E-state index is 11.8. The van der Waals surface area contributed by atoms with Gasteiger partial charge < -0.3 is 4.89 Å². The lowest BCUT2D eigenvalue weighted by molar-refractivity contribution is -0.243. The molecule has 0 spiro atoms. The van der Waals surface area contributed by atoms with E-state index in [1.165, 1.54) is 0 Å². The predicted molar refractivity (Wildman–Crippen MR) is 78.8 cm³/mol. The summed E-state index contributed by atoms with van der Waals surface area (Å²) < 4.78 is 0. The first kappa shape index (κ1) is 18.4. The second-order valence-electron chi connectivity index (χ2n) is 6.78. The molecule has 1 N–H and O–H groups in total. The fourth-order valence-corrected chi connectivity index (χ4v) is 3.02. The van der Waals surface area contributed by atoms with Crippen LogP contribution in [0.4, 0.5) is 0 Å². The third-order valence-electron chi connectivity index (χ3n) is 5.47. The second-order valence-corrected chi connectivity index (χ2v) is 6.78. The van der Waals surface area contributed by atoms with Gasteiger partial charge in [-0.3, -0.25) is 0 Å². The van der Waals surface area contributed by atoms with E-state index in [-0.39, 0.29) is 22.7 Å². The Morgan fingerprint density at radius 2 is 1.68 bits per heavy atom. The number of rotatable bonds is 8. The molecule has 0 radical (unpaired) electrons. The number of hydrogen-bond donors (Lipinski definition) is 1. The molecule has 19 heavy (non-hydrogen) atoms. The van der Waals surface area contributed by atoms with Crippen molar-refractivity contribution in [2.45, 2.75) is 74.1 Å². The lowest BCUT2D eigenvalue weighted by atomic mass is 9.56. The third-order valence-corrected chi connectivity index (χ3v) is 5.47. The van der Waals surface area contributed by atoms with Crippen LogP contribution in [0.15, 0.2) is 0 Å². The first-order valence-corrected chi connectivity index (χ1v) is 7.54. The van der Waals surface area contributed by atoms with Crippen molar-refractivity contribution in [2.24, 2.45) is 22.7 Å². The van der Waals surface area contributed by atoms with E-state index >= 15 is 0 Å². The van der Waals surface area contributed by atoms with Gasteiger partial charge in [-0.05, 0) is 29.6 Å². The Labute approximate surface area is 118 Å². The fraction of sp³-hybridized carbons (Fsp3) is 0.938. The lowest BCUT2D eigenvalue weighted by Gasteiger charge is -2.49. The van der Waals surface area contributed by atoms with Crippen molar-refractivity contribution in [1.29, 1.82) is 0 Å². The van der Waals surface area contributed by atoms with Crippen molar-refractivity contribution in [3.8, 4) is 0 Å². The van der Waals surface area contributed by atoms with Crippen LogP contribution in [0.3, 0.4) is 0 Å². The van der Waals surface area contributed by atoms with Gasteiger partial charge in [0.2, 0.25) is 0 Å². The molecule has 0 aromatic rings. The number of hydrogen-bond acceptors (Lipinski definition) is 3. The van der Waals surface area contributed by atoms with Crippen LogP contribution >= 0.6 is 0 Å². The van der Waals surface area contributed by atoms with Gasteiger partial charge in [-0.1, -0.05) is 61.3 Å². The SMILES string of the molecule is CCCC(C(CC)C(=O)OO)C(C)(C)C(C)(C)CC. The summed E-state index contributed by atoms with van der Waals surface area (Å²) in [6.07, 6.45) is 3.77. The van der Waals surface area contributed by atoms with Gasteiger partial charge in [-0.15, -0.1) is 0 Å². The quantitative estimate of drug-likeness (QED) is 0.504. The van der Waals surface area contributed by atoms with E-state index in [4.69, 9.17) is 5.26 Å². The molecule has 0 saturated heterocycles. The van der Waals surface area contributed by atoms with Crippen LogP contribution in [0.5, 0.6) is 0 Å². The van der Waals surface area contributed by atoms with Crippen LogP contribution in [-0.2, 0) is 9.68 Å². The zero-order chi connectivity index (χ0) is 15.3. The van der Waals surface area contributed by atoms with E-state index in [1.54, 1.807) is 0 Å². The summed E-state index contributed by atoms with van der Waals surface area (Å²) in [4.78, 5) is 15.9. The molecule has 0 fully saturated rings. The van der Waals surface area contributed by atoms with Crippen LogP contribution in [0.2, 0.25) is 0 Å². The van der Waals surface area contributed by atoms with Crippen molar-refractivity contribution >= 4 is 5.97 Å². The molecular formula is C16H32O3. The van der Waals surface area contributed by atoms with Crippen LogP contribution in [-0.4, -0.2) is 11.2 Å². The second kappa shape index (κ2) is 7.28. The van der Waals surface area contributed by atoms with Gasteiger partial charge in [0.1, 0.15) is 0 Å². The molecule has 2 atom stereocenters. The average molecular weight is 272 g/mol. The summed E-state index contributed by atoms with van der Waals surface area (Å²) in [7, 11) is 0. The Morgan fingerprint density at radius 3 is 2.00 bits per heavy atom. The summed E-state index contributed by atoms with van der Waals surface area (Å²) in [5.41, 5.74) is 0.141. The summed E-state index contributed by atoms with van der Waals surface area (Å²) in [5, 5.41) is 8.73. The standard InChI is InChI=1S/C16H32O3/c1-8-11-13(12(9-2)14(17)19-18)16(6,7)15(4,5)10-3/h12-13,18H,8-11H2,1-7H3. The maximum absolute atomic E-state index is 11.8. The van der Waals surface area contributed by atoms with Gasteiger partial charge in [0.15, 0.2) is 0 Å². The molecule has 114 valence electrons. The lowest BCUT2D eigenvalue weighted by Crippen LogP contribution is -2.44. The molecule has 0 bridgehead atoms. The summed E-state index contributed by atoms with van der Waals surface area (Å²) >= 11 is 0. The minimum atomic E-state index is -0.485. The summed E-state index contributed by atoms with van der Waals surface area (Å²) in [6.45, 7) is 15.3. The zero-order valence-electron chi connectivity index (χ0n) is 13.7. The van der Waals surface area contributed by atoms with Crippen molar-refractivity contribution < 1.29 is 14.9 Å². The molecule has 2 unspecified atom stereocenters. The molecule has 0 aliphatic carbocycles. The third kappa shape index (κ3) is 3.95. The van der Waals surface area contributed by atoms with Crippen molar-refractivity contribution in [2.75, 3.05) is 0 Å². The van der Waals surface area contributed by atoms with Gasteiger partial charge in [-0.25, -0.2) is 4.79 Å². The van der Waals surface area contributed by atoms with Gasteiger partial charge in [0.25, 0.3) is 0 Å². The molecule has 0 saturated carbocycles. The van der Waals surface area contributed by atoms with Gasteiger partial charge in [-0.2, -0.15) is 5.26 Å². The largest absolute Gasteiger partial charge is 0.345 e.